The van der Waals surface area contributed by atoms with Gasteiger partial charge in [-0.15, -0.1) is 0 Å². The number of aromatic nitrogens is 1. The van der Waals surface area contributed by atoms with Crippen LogP contribution in [0.25, 0.3) is 10.9 Å². The van der Waals surface area contributed by atoms with Crippen molar-refractivity contribution < 1.29 is 0 Å². The highest BCUT2D eigenvalue weighted by Gasteiger charge is 2.03. The molecule has 0 aliphatic carbocycles. The molecular weight excluding hydrogens is 264 g/mol. The zero-order valence-corrected chi connectivity index (χ0v) is 13.7. The van der Waals surface area contributed by atoms with E-state index in [-0.39, 0.29) is 0 Å². The summed E-state index contributed by atoms with van der Waals surface area (Å²) in [6.45, 7) is 9.84. The Balaban J connectivity index is 2.04. The van der Waals surface area contributed by atoms with Crippen LogP contribution >= 0.6 is 11.8 Å². The van der Waals surface area contributed by atoms with Gasteiger partial charge in [-0.3, -0.25) is 0 Å². The van der Waals surface area contributed by atoms with Crippen LogP contribution in [0.4, 0.5) is 0 Å². The van der Waals surface area contributed by atoms with E-state index in [0.29, 0.717) is 5.92 Å². The number of thioether (sulfide) groups is 1. The molecule has 0 aliphatic heterocycles. The summed E-state index contributed by atoms with van der Waals surface area (Å²) in [6, 6.07) is 9.03. The summed E-state index contributed by atoms with van der Waals surface area (Å²) >= 11 is 2.00. The third-order valence-electron chi connectivity index (χ3n) is 3.40. The van der Waals surface area contributed by atoms with E-state index in [9.17, 15) is 0 Å². The van der Waals surface area contributed by atoms with Gasteiger partial charge in [-0.25, -0.2) is 0 Å². The Morgan fingerprint density at radius 2 is 2.10 bits per heavy atom. The van der Waals surface area contributed by atoms with Crippen LogP contribution in [0.3, 0.4) is 0 Å². The number of fused-ring (bicyclic) bond motifs is 1. The highest BCUT2D eigenvalue weighted by atomic mass is 32.2. The normalized spacial score (nSPS) is 11.6. The van der Waals surface area contributed by atoms with E-state index in [1.54, 1.807) is 0 Å². The predicted molar refractivity (Wildman–Crippen MR) is 91.5 cm³/mol. The first-order valence-corrected chi connectivity index (χ1v) is 8.72. The summed E-state index contributed by atoms with van der Waals surface area (Å²) in [7, 11) is 0. The van der Waals surface area contributed by atoms with Crippen molar-refractivity contribution in [3.63, 3.8) is 0 Å². The molecule has 1 aromatic heterocycles. The van der Waals surface area contributed by atoms with Gasteiger partial charge in [0.25, 0.3) is 0 Å². The topological polar surface area (TPSA) is 17.0 Å². The lowest BCUT2D eigenvalue weighted by Crippen LogP contribution is -2.18. The summed E-state index contributed by atoms with van der Waals surface area (Å²) < 4.78 is 2.38. The lowest BCUT2D eigenvalue weighted by atomic mass is 10.1. The number of aryl methyl sites for hydroxylation is 1. The summed E-state index contributed by atoms with van der Waals surface area (Å²) in [6.07, 6.45) is 2.21. The second-order valence-corrected chi connectivity index (χ2v) is 7.02. The third kappa shape index (κ3) is 4.29. The Morgan fingerprint density at radius 1 is 1.25 bits per heavy atom. The number of rotatable bonds is 8. The highest BCUT2D eigenvalue weighted by molar-refractivity contribution is 7.99. The molecule has 110 valence electrons. The lowest BCUT2D eigenvalue weighted by Gasteiger charge is -2.09. The molecule has 0 amide bonds. The van der Waals surface area contributed by atoms with E-state index in [2.05, 4.69) is 61.1 Å². The fraction of sp³-hybridized carbons (Fsp3) is 0.529. The van der Waals surface area contributed by atoms with Gasteiger partial charge in [0.2, 0.25) is 0 Å². The second kappa shape index (κ2) is 7.75. The van der Waals surface area contributed by atoms with Gasteiger partial charge in [0.05, 0.1) is 0 Å². The zero-order valence-electron chi connectivity index (χ0n) is 12.9. The van der Waals surface area contributed by atoms with Crippen molar-refractivity contribution in [3.8, 4) is 0 Å². The number of hydrogen-bond acceptors (Lipinski definition) is 2. The third-order valence-corrected chi connectivity index (χ3v) is 4.28. The molecule has 20 heavy (non-hydrogen) atoms. The van der Waals surface area contributed by atoms with Gasteiger partial charge in [0.1, 0.15) is 0 Å². The van der Waals surface area contributed by atoms with Gasteiger partial charge < -0.3 is 9.88 Å². The lowest BCUT2D eigenvalue weighted by molar-refractivity contribution is 0.552. The van der Waals surface area contributed by atoms with Gasteiger partial charge in [0, 0.05) is 30.6 Å². The fourth-order valence-corrected chi connectivity index (χ4v) is 2.96. The molecule has 2 nitrogen and oxygen atoms in total. The first kappa shape index (κ1) is 15.5. The predicted octanol–water partition coefficient (Wildman–Crippen LogP) is 4.14. The van der Waals surface area contributed by atoms with Crippen LogP contribution in [0.2, 0.25) is 0 Å². The molecule has 1 heterocycles. The van der Waals surface area contributed by atoms with E-state index >= 15 is 0 Å². The van der Waals surface area contributed by atoms with Crippen LogP contribution in [0.1, 0.15) is 26.3 Å². The largest absolute Gasteiger partial charge is 0.347 e. The van der Waals surface area contributed by atoms with E-state index < -0.39 is 0 Å². The first-order chi connectivity index (χ1) is 9.70. The average molecular weight is 290 g/mol. The Bertz CT molecular complexity index is 531. The van der Waals surface area contributed by atoms with Crippen LogP contribution in [-0.4, -0.2) is 22.6 Å². The molecule has 2 aromatic rings. The smallest absolute Gasteiger partial charge is 0.0483 e. The average Bonchev–Trinajstić information content (AvgIpc) is 2.81. The van der Waals surface area contributed by atoms with Crippen molar-refractivity contribution in [2.75, 3.05) is 18.1 Å². The van der Waals surface area contributed by atoms with Gasteiger partial charge in [-0.05, 0) is 41.3 Å². The van der Waals surface area contributed by atoms with Crippen LogP contribution in [-0.2, 0) is 13.1 Å². The second-order valence-electron chi connectivity index (χ2n) is 5.62. The molecule has 0 atom stereocenters. The number of hydrogen-bond donors (Lipinski definition) is 1. The summed E-state index contributed by atoms with van der Waals surface area (Å²) in [4.78, 5) is 0. The van der Waals surface area contributed by atoms with E-state index in [1.807, 2.05) is 11.8 Å². The molecule has 0 unspecified atom stereocenters. The molecule has 0 saturated carbocycles. The fourth-order valence-electron chi connectivity index (χ4n) is 2.35. The maximum Gasteiger partial charge on any atom is 0.0483 e. The van der Waals surface area contributed by atoms with E-state index in [4.69, 9.17) is 0 Å². The van der Waals surface area contributed by atoms with Gasteiger partial charge in [0.15, 0.2) is 0 Å². The van der Waals surface area contributed by atoms with E-state index in [0.717, 1.165) is 19.6 Å². The van der Waals surface area contributed by atoms with Crippen molar-refractivity contribution >= 4 is 22.7 Å². The molecule has 1 N–H and O–H groups in total. The minimum absolute atomic E-state index is 0.702. The van der Waals surface area contributed by atoms with Crippen molar-refractivity contribution in [2.24, 2.45) is 5.92 Å². The van der Waals surface area contributed by atoms with Crippen LogP contribution in [0.15, 0.2) is 30.5 Å². The maximum atomic E-state index is 3.52. The number of nitrogens with zero attached hydrogens (tertiary/aromatic N) is 1. The van der Waals surface area contributed by atoms with Crippen molar-refractivity contribution in [3.05, 3.63) is 36.0 Å². The van der Waals surface area contributed by atoms with Gasteiger partial charge >= 0.3 is 0 Å². The van der Waals surface area contributed by atoms with E-state index in [1.165, 1.54) is 28.0 Å². The Morgan fingerprint density at radius 3 is 2.85 bits per heavy atom. The highest BCUT2D eigenvalue weighted by Crippen LogP contribution is 2.18. The van der Waals surface area contributed by atoms with Crippen LogP contribution in [0, 0.1) is 5.92 Å². The minimum atomic E-state index is 0.702. The summed E-state index contributed by atoms with van der Waals surface area (Å²) in [5.41, 5.74) is 2.74. The van der Waals surface area contributed by atoms with Crippen molar-refractivity contribution in [1.29, 1.82) is 0 Å². The molecule has 0 aliphatic rings. The van der Waals surface area contributed by atoms with Crippen molar-refractivity contribution in [2.45, 2.75) is 33.9 Å². The van der Waals surface area contributed by atoms with Crippen LogP contribution in [0.5, 0.6) is 0 Å². The monoisotopic (exact) mass is 290 g/mol. The molecule has 0 spiro atoms. The number of nitrogens with one attached hydrogen (secondary N) is 1. The SMILES string of the molecule is CCSCCn1ccc2ccc(CNCC(C)C)cc21. The summed E-state index contributed by atoms with van der Waals surface area (Å²) in [5, 5.41) is 4.86. The zero-order chi connectivity index (χ0) is 14.4. The Hall–Kier alpha value is -0.930. The molecule has 1 aromatic carbocycles. The Kier molecular flexibility index (Phi) is 5.99. The van der Waals surface area contributed by atoms with Gasteiger partial charge in [-0.1, -0.05) is 32.9 Å². The first-order valence-electron chi connectivity index (χ1n) is 7.57. The van der Waals surface area contributed by atoms with Crippen molar-refractivity contribution in [1.82, 2.24) is 9.88 Å². The van der Waals surface area contributed by atoms with Gasteiger partial charge in [-0.2, -0.15) is 11.8 Å². The summed E-state index contributed by atoms with van der Waals surface area (Å²) in [5.74, 6) is 3.09. The minimum Gasteiger partial charge on any atom is -0.347 e. The Labute approximate surface area is 126 Å². The standard InChI is InChI=1S/C17H26N2S/c1-4-20-10-9-19-8-7-16-6-5-15(11-17(16)19)13-18-12-14(2)3/h5-8,11,14,18H,4,9-10,12-13H2,1-3H3. The molecule has 2 rings (SSSR count). The van der Waals surface area contributed by atoms with Crippen LogP contribution < -0.4 is 5.32 Å². The molecule has 3 heteroatoms. The quantitative estimate of drug-likeness (QED) is 0.736. The molecule has 0 bridgehead atoms. The molecular formula is C17H26N2S. The molecule has 0 radical (unpaired) electrons. The molecule has 0 fully saturated rings. The molecule has 0 saturated heterocycles. The maximum absolute atomic E-state index is 3.52. The number of benzene rings is 1.